The van der Waals surface area contributed by atoms with Gasteiger partial charge in [0.2, 0.25) is 0 Å². The predicted octanol–water partition coefficient (Wildman–Crippen LogP) is 4.29. The largest absolute Gasteiger partial charge is 0.480 e. The number of nitrogens with zero attached hydrogens (tertiary/aromatic N) is 3. The van der Waals surface area contributed by atoms with Gasteiger partial charge in [-0.3, -0.25) is 14.9 Å². The van der Waals surface area contributed by atoms with E-state index in [4.69, 9.17) is 0 Å². The first kappa shape index (κ1) is 21.3. The molecule has 8 nitrogen and oxygen atoms in total. The number of aliphatic carboxylic acids is 1. The highest BCUT2D eigenvalue weighted by Gasteiger charge is 2.52. The van der Waals surface area contributed by atoms with Crippen molar-refractivity contribution in [2.24, 2.45) is 5.92 Å². The molecule has 3 aromatic rings. The third kappa shape index (κ3) is 4.03. The summed E-state index contributed by atoms with van der Waals surface area (Å²) in [6.07, 6.45) is 4.23. The molecule has 0 amide bonds. The number of nitro benzene ring substituents is 1. The quantitative estimate of drug-likeness (QED) is 0.415. The second kappa shape index (κ2) is 8.68. The molecule has 1 aliphatic carbocycles. The molecular formula is C22H24N4O4S. The number of carboxylic acid groups (broad SMARTS) is 1. The van der Waals surface area contributed by atoms with Crippen molar-refractivity contribution in [2.45, 2.75) is 50.6 Å². The van der Waals surface area contributed by atoms with E-state index in [1.165, 1.54) is 17.4 Å². The number of carboxylic acids is 1. The minimum Gasteiger partial charge on any atom is -0.480 e. The van der Waals surface area contributed by atoms with Crippen LogP contribution in [0.4, 0.5) is 5.69 Å². The lowest BCUT2D eigenvalue weighted by Crippen LogP contribution is -2.51. The van der Waals surface area contributed by atoms with E-state index in [1.807, 2.05) is 24.4 Å². The van der Waals surface area contributed by atoms with Crippen molar-refractivity contribution in [1.82, 2.24) is 15.3 Å². The molecule has 31 heavy (non-hydrogen) atoms. The number of rotatable bonds is 7. The van der Waals surface area contributed by atoms with Crippen LogP contribution >= 0.6 is 11.3 Å². The summed E-state index contributed by atoms with van der Waals surface area (Å²) in [7, 11) is 0. The van der Waals surface area contributed by atoms with Gasteiger partial charge in [0.05, 0.1) is 4.92 Å². The Balaban J connectivity index is 1.53. The maximum absolute atomic E-state index is 12.5. The summed E-state index contributed by atoms with van der Waals surface area (Å²) >= 11 is 1.49. The molecule has 9 heteroatoms. The van der Waals surface area contributed by atoms with E-state index in [-0.39, 0.29) is 17.6 Å². The zero-order chi connectivity index (χ0) is 22.0. The SMILES string of the molecule is CCC1CC(NCc2cccc([N+](=O)[O-])c2)CCC1(C(=O)O)c1ncc2ccsc2n1. The first-order chi connectivity index (χ1) is 14.9. The van der Waals surface area contributed by atoms with Crippen molar-refractivity contribution in [1.29, 1.82) is 0 Å². The number of hydrogen-bond acceptors (Lipinski definition) is 7. The number of non-ortho nitro benzene ring substituents is 1. The number of benzene rings is 1. The summed E-state index contributed by atoms with van der Waals surface area (Å²) in [5.74, 6) is -0.579. The third-order valence-corrected chi connectivity index (χ3v) is 7.17. The van der Waals surface area contributed by atoms with Crippen molar-refractivity contribution in [3.8, 4) is 0 Å². The Kier molecular flexibility index (Phi) is 5.97. The van der Waals surface area contributed by atoms with Crippen LogP contribution in [0.15, 0.2) is 41.9 Å². The van der Waals surface area contributed by atoms with Gasteiger partial charge in [-0.1, -0.05) is 25.5 Å². The molecule has 1 aliphatic rings. The third-order valence-electron chi connectivity index (χ3n) is 6.35. The number of hydrogen-bond donors (Lipinski definition) is 2. The van der Waals surface area contributed by atoms with E-state index in [2.05, 4.69) is 15.3 Å². The summed E-state index contributed by atoms with van der Waals surface area (Å²) in [4.78, 5) is 33.1. The smallest absolute Gasteiger partial charge is 0.317 e. The molecule has 4 rings (SSSR count). The van der Waals surface area contributed by atoms with Gasteiger partial charge in [-0.2, -0.15) is 0 Å². The van der Waals surface area contributed by atoms with Crippen LogP contribution in [0.2, 0.25) is 0 Å². The number of fused-ring (bicyclic) bond motifs is 1. The standard InChI is InChI=1S/C22H24N4O4S/c1-2-16-11-17(23-12-14-4-3-5-18(10-14)26(29)30)6-8-22(16,21(27)28)20-24-13-15-7-9-31-19(15)25-20/h3-5,7,9-10,13,16-17,23H,2,6,8,11-12H2,1H3,(H,27,28). The molecule has 2 heterocycles. The molecule has 3 unspecified atom stereocenters. The van der Waals surface area contributed by atoms with Gasteiger partial charge in [-0.05, 0) is 42.2 Å². The molecule has 0 saturated heterocycles. The number of nitrogens with one attached hydrogen (secondary N) is 1. The number of aromatic nitrogens is 2. The first-order valence-corrected chi connectivity index (χ1v) is 11.2. The number of carbonyl (C=O) groups is 1. The Morgan fingerprint density at radius 3 is 3.00 bits per heavy atom. The molecule has 1 saturated carbocycles. The summed E-state index contributed by atoms with van der Waals surface area (Å²) in [6.45, 7) is 2.51. The molecule has 2 aromatic heterocycles. The normalized spacial score (nSPS) is 23.6. The molecule has 0 aliphatic heterocycles. The van der Waals surface area contributed by atoms with E-state index < -0.39 is 16.3 Å². The fraction of sp³-hybridized carbons (Fsp3) is 0.409. The molecule has 0 spiro atoms. The minimum atomic E-state index is -1.10. The van der Waals surface area contributed by atoms with E-state index in [0.29, 0.717) is 38.1 Å². The van der Waals surface area contributed by atoms with Crippen LogP contribution in [0.1, 0.15) is 44.0 Å². The summed E-state index contributed by atoms with van der Waals surface area (Å²) in [5.41, 5.74) is -0.194. The molecule has 3 atom stereocenters. The van der Waals surface area contributed by atoms with Gasteiger partial charge >= 0.3 is 5.97 Å². The maximum atomic E-state index is 12.5. The monoisotopic (exact) mass is 440 g/mol. The van der Waals surface area contributed by atoms with Crippen LogP contribution < -0.4 is 5.32 Å². The van der Waals surface area contributed by atoms with Crippen LogP contribution in [0.25, 0.3) is 10.2 Å². The van der Waals surface area contributed by atoms with Crippen molar-refractivity contribution in [3.63, 3.8) is 0 Å². The van der Waals surface area contributed by atoms with Crippen LogP contribution in [0.5, 0.6) is 0 Å². The molecule has 0 radical (unpaired) electrons. The molecule has 0 bridgehead atoms. The Morgan fingerprint density at radius 2 is 2.26 bits per heavy atom. The fourth-order valence-electron chi connectivity index (χ4n) is 4.65. The minimum absolute atomic E-state index is 0.0698. The van der Waals surface area contributed by atoms with E-state index in [0.717, 1.165) is 15.8 Å². The van der Waals surface area contributed by atoms with Crippen molar-refractivity contribution in [2.75, 3.05) is 0 Å². The summed E-state index contributed by atoms with van der Waals surface area (Å²) < 4.78 is 0. The van der Waals surface area contributed by atoms with Crippen LogP contribution in [-0.4, -0.2) is 32.0 Å². The Bertz CT molecular complexity index is 1120. The molecule has 162 valence electrons. The van der Waals surface area contributed by atoms with Gasteiger partial charge in [0.15, 0.2) is 0 Å². The van der Waals surface area contributed by atoms with E-state index in [1.54, 1.807) is 18.3 Å². The first-order valence-electron chi connectivity index (χ1n) is 10.3. The second-order valence-electron chi connectivity index (χ2n) is 8.04. The highest BCUT2D eigenvalue weighted by Crippen LogP contribution is 2.45. The van der Waals surface area contributed by atoms with Gasteiger partial charge in [-0.15, -0.1) is 11.3 Å². The number of thiophene rings is 1. The lowest BCUT2D eigenvalue weighted by atomic mass is 9.63. The molecular weight excluding hydrogens is 416 g/mol. The molecule has 1 fully saturated rings. The Morgan fingerprint density at radius 1 is 1.42 bits per heavy atom. The molecule has 1 aromatic carbocycles. The average Bonchev–Trinajstić information content (AvgIpc) is 3.25. The fourth-order valence-corrected chi connectivity index (χ4v) is 5.39. The lowest BCUT2D eigenvalue weighted by molar-refractivity contribution is -0.384. The maximum Gasteiger partial charge on any atom is 0.317 e. The van der Waals surface area contributed by atoms with Crippen LogP contribution in [-0.2, 0) is 16.8 Å². The highest BCUT2D eigenvalue weighted by atomic mass is 32.1. The summed E-state index contributed by atoms with van der Waals surface area (Å²) in [5, 5.41) is 27.6. The zero-order valence-electron chi connectivity index (χ0n) is 17.2. The Hall–Kier alpha value is -2.91. The van der Waals surface area contributed by atoms with Crippen LogP contribution in [0, 0.1) is 16.0 Å². The van der Waals surface area contributed by atoms with Gasteiger partial charge in [0.1, 0.15) is 16.1 Å². The van der Waals surface area contributed by atoms with Crippen molar-refractivity contribution in [3.05, 3.63) is 63.4 Å². The molecule has 2 N–H and O–H groups in total. The van der Waals surface area contributed by atoms with E-state index >= 15 is 0 Å². The predicted molar refractivity (Wildman–Crippen MR) is 118 cm³/mol. The van der Waals surface area contributed by atoms with Crippen molar-refractivity contribution < 1.29 is 14.8 Å². The van der Waals surface area contributed by atoms with Crippen molar-refractivity contribution >= 4 is 33.2 Å². The van der Waals surface area contributed by atoms with Gasteiger partial charge < -0.3 is 10.4 Å². The Labute approximate surface area is 183 Å². The lowest BCUT2D eigenvalue weighted by Gasteiger charge is -2.42. The topological polar surface area (TPSA) is 118 Å². The van der Waals surface area contributed by atoms with E-state index in [9.17, 15) is 20.0 Å². The second-order valence-corrected chi connectivity index (χ2v) is 8.93. The number of nitro groups is 1. The summed E-state index contributed by atoms with van der Waals surface area (Å²) in [6, 6.07) is 8.64. The van der Waals surface area contributed by atoms with Gasteiger partial charge in [0.25, 0.3) is 5.69 Å². The van der Waals surface area contributed by atoms with Crippen LogP contribution in [0.3, 0.4) is 0 Å². The highest BCUT2D eigenvalue weighted by molar-refractivity contribution is 7.16. The average molecular weight is 441 g/mol. The van der Waals surface area contributed by atoms with Gasteiger partial charge in [0, 0.05) is 36.3 Å². The van der Waals surface area contributed by atoms with Gasteiger partial charge in [-0.25, -0.2) is 9.97 Å². The zero-order valence-corrected chi connectivity index (χ0v) is 18.0.